The van der Waals surface area contributed by atoms with E-state index in [1.807, 2.05) is 12.2 Å². The van der Waals surface area contributed by atoms with Crippen LogP contribution in [-0.4, -0.2) is 36.9 Å². The molecule has 0 saturated carbocycles. The summed E-state index contributed by atoms with van der Waals surface area (Å²) in [5, 5.41) is 12.6. The molecule has 0 spiro atoms. The first-order valence-corrected chi connectivity index (χ1v) is 7.63. The smallest absolute Gasteiger partial charge is 0.252 e. The Morgan fingerprint density at radius 3 is 2.95 bits per heavy atom. The van der Waals surface area contributed by atoms with E-state index >= 15 is 0 Å². The van der Waals surface area contributed by atoms with Gasteiger partial charge < -0.3 is 15.2 Å². The molecule has 2 N–H and O–H groups in total. The number of carbonyl (C=O) groups is 1. The van der Waals surface area contributed by atoms with Crippen LogP contribution in [0.1, 0.15) is 12.8 Å². The maximum atomic E-state index is 12.5. The summed E-state index contributed by atoms with van der Waals surface area (Å²) in [5.41, 5.74) is 4.39. The fourth-order valence-corrected chi connectivity index (χ4v) is 3.53. The van der Waals surface area contributed by atoms with Crippen LogP contribution in [0.3, 0.4) is 0 Å². The van der Waals surface area contributed by atoms with Gasteiger partial charge in [-0.05, 0) is 47.6 Å². The molecule has 0 bridgehead atoms. The van der Waals surface area contributed by atoms with E-state index in [1.54, 1.807) is 0 Å². The molecule has 4 nitrogen and oxygen atoms in total. The van der Waals surface area contributed by atoms with Crippen LogP contribution in [0.25, 0.3) is 0 Å². The normalized spacial score (nSPS) is 28.0. The molecule has 110 valence electrons. The van der Waals surface area contributed by atoms with Crippen molar-refractivity contribution in [2.75, 3.05) is 19.8 Å². The summed E-state index contributed by atoms with van der Waals surface area (Å²) in [6.07, 6.45) is 10.1. The summed E-state index contributed by atoms with van der Waals surface area (Å²) >= 11 is 0. The summed E-state index contributed by atoms with van der Waals surface area (Å²) in [4.78, 5) is 12.5. The fraction of sp³-hybridized carbons (Fsp3) is 0.471. The second-order valence-corrected chi connectivity index (χ2v) is 6.12. The number of carbonyl (C=O) groups excluding carboxylic acids is 1. The monoisotopic (exact) mass is 285 g/mol. The van der Waals surface area contributed by atoms with Crippen LogP contribution in [0.2, 0.25) is 0 Å². The average Bonchev–Trinajstić information content (AvgIpc) is 3.00. The minimum Gasteiger partial charge on any atom is -0.394 e. The molecule has 0 radical (unpaired) electrons. The van der Waals surface area contributed by atoms with Crippen LogP contribution in [-0.2, 0) is 9.53 Å². The Hall–Kier alpha value is -1.65. The third-order valence-electron chi connectivity index (χ3n) is 4.88. The Labute approximate surface area is 123 Å². The van der Waals surface area contributed by atoms with Gasteiger partial charge in [0.15, 0.2) is 0 Å². The van der Waals surface area contributed by atoms with Gasteiger partial charge in [0, 0.05) is 24.7 Å². The van der Waals surface area contributed by atoms with Crippen molar-refractivity contribution in [1.29, 1.82) is 0 Å². The molecule has 4 rings (SSSR count). The number of hydrogen-bond donors (Lipinski definition) is 2. The fourth-order valence-electron chi connectivity index (χ4n) is 3.53. The van der Waals surface area contributed by atoms with E-state index in [9.17, 15) is 9.90 Å². The Morgan fingerprint density at radius 1 is 1.38 bits per heavy atom. The van der Waals surface area contributed by atoms with Crippen molar-refractivity contribution in [3.63, 3.8) is 0 Å². The zero-order valence-corrected chi connectivity index (χ0v) is 11.8. The predicted molar refractivity (Wildman–Crippen MR) is 78.4 cm³/mol. The zero-order chi connectivity index (χ0) is 14.4. The molecule has 4 heteroatoms. The molecule has 1 fully saturated rings. The lowest BCUT2D eigenvalue weighted by molar-refractivity contribution is -0.119. The van der Waals surface area contributed by atoms with E-state index in [2.05, 4.69) is 17.5 Å². The number of aliphatic hydroxyl groups excluding tert-OH is 1. The van der Waals surface area contributed by atoms with E-state index in [-0.39, 0.29) is 18.6 Å². The van der Waals surface area contributed by atoms with E-state index in [0.29, 0.717) is 25.0 Å². The molecule has 4 aliphatic rings. The standard InChI is InChI=1S/C17H19NO3/c19-9-16(10-3-5-21-6-4-10)18-17(20)13-2-1-12-14-7-11(14)8-15(12)13/h1-2,7-8,10,14,16,19H,3-6,9H2,(H,18,20)/t14?,16-/m0/s1. The highest BCUT2D eigenvalue weighted by atomic mass is 16.5. The quantitative estimate of drug-likeness (QED) is 0.817. The second kappa shape index (κ2) is 4.97. The minimum atomic E-state index is -0.179. The first kappa shape index (κ1) is 13.0. The van der Waals surface area contributed by atoms with Crippen molar-refractivity contribution in [2.24, 2.45) is 11.8 Å². The Morgan fingerprint density at radius 2 is 2.19 bits per heavy atom. The largest absolute Gasteiger partial charge is 0.394 e. The van der Waals surface area contributed by atoms with E-state index < -0.39 is 0 Å². The van der Waals surface area contributed by atoms with Gasteiger partial charge in [0.1, 0.15) is 0 Å². The SMILES string of the molecule is O=C(N[C@@H](CO)C1CCOCC1)C1=CC=C2C1=CC1=CC12. The molecule has 0 aromatic heterocycles. The van der Waals surface area contributed by atoms with Crippen molar-refractivity contribution in [3.05, 3.63) is 46.6 Å². The van der Waals surface area contributed by atoms with Gasteiger partial charge in [0.05, 0.1) is 12.6 Å². The summed E-state index contributed by atoms with van der Waals surface area (Å²) in [6, 6.07) is -0.179. The lowest BCUT2D eigenvalue weighted by Crippen LogP contribution is -2.45. The third kappa shape index (κ3) is 2.19. The molecule has 2 atom stereocenters. The van der Waals surface area contributed by atoms with Gasteiger partial charge in [0.25, 0.3) is 5.91 Å². The summed E-state index contributed by atoms with van der Waals surface area (Å²) in [6.45, 7) is 1.41. The van der Waals surface area contributed by atoms with E-state index in [1.165, 1.54) is 11.1 Å². The first-order chi connectivity index (χ1) is 10.3. The van der Waals surface area contributed by atoms with Crippen molar-refractivity contribution in [1.82, 2.24) is 5.32 Å². The zero-order valence-electron chi connectivity index (χ0n) is 11.8. The third-order valence-corrected chi connectivity index (χ3v) is 4.88. The molecule has 1 heterocycles. The van der Waals surface area contributed by atoms with Crippen LogP contribution in [0.4, 0.5) is 0 Å². The highest BCUT2D eigenvalue weighted by Gasteiger charge is 2.39. The topological polar surface area (TPSA) is 58.6 Å². The second-order valence-electron chi connectivity index (χ2n) is 6.12. The van der Waals surface area contributed by atoms with E-state index in [4.69, 9.17) is 4.74 Å². The molecule has 1 amide bonds. The number of hydrogen-bond acceptors (Lipinski definition) is 3. The number of allylic oxidation sites excluding steroid dienone is 6. The van der Waals surface area contributed by atoms with Gasteiger partial charge in [-0.3, -0.25) is 4.79 Å². The summed E-state index contributed by atoms with van der Waals surface area (Å²) in [5.74, 6) is 0.696. The van der Waals surface area contributed by atoms with Gasteiger partial charge in [0.2, 0.25) is 0 Å². The average molecular weight is 285 g/mol. The van der Waals surface area contributed by atoms with E-state index in [0.717, 1.165) is 24.0 Å². The van der Waals surface area contributed by atoms with Crippen LogP contribution in [0.5, 0.6) is 0 Å². The maximum Gasteiger partial charge on any atom is 0.252 e. The lowest BCUT2D eigenvalue weighted by Gasteiger charge is -2.29. The van der Waals surface area contributed by atoms with Crippen molar-refractivity contribution >= 4 is 5.91 Å². The van der Waals surface area contributed by atoms with Gasteiger partial charge in [-0.25, -0.2) is 0 Å². The van der Waals surface area contributed by atoms with Crippen molar-refractivity contribution in [2.45, 2.75) is 18.9 Å². The number of fused-ring (bicyclic) bond motifs is 3. The van der Waals surface area contributed by atoms with Crippen LogP contribution in [0, 0.1) is 11.8 Å². The Balaban J connectivity index is 1.43. The number of ether oxygens (including phenoxy) is 1. The van der Waals surface area contributed by atoms with Gasteiger partial charge in [-0.15, -0.1) is 0 Å². The first-order valence-electron chi connectivity index (χ1n) is 7.63. The molecular formula is C17H19NO3. The van der Waals surface area contributed by atoms with Gasteiger partial charge in [-0.1, -0.05) is 12.2 Å². The molecule has 1 saturated heterocycles. The van der Waals surface area contributed by atoms with Gasteiger partial charge in [-0.2, -0.15) is 0 Å². The summed E-state index contributed by atoms with van der Waals surface area (Å²) < 4.78 is 5.34. The highest BCUT2D eigenvalue weighted by Crippen LogP contribution is 2.51. The molecule has 21 heavy (non-hydrogen) atoms. The van der Waals surface area contributed by atoms with Crippen molar-refractivity contribution in [3.8, 4) is 0 Å². The molecule has 3 aliphatic carbocycles. The highest BCUT2D eigenvalue weighted by molar-refractivity contribution is 6.02. The maximum absolute atomic E-state index is 12.5. The lowest BCUT2D eigenvalue weighted by atomic mass is 9.91. The van der Waals surface area contributed by atoms with Gasteiger partial charge >= 0.3 is 0 Å². The van der Waals surface area contributed by atoms with Crippen LogP contribution < -0.4 is 5.32 Å². The van der Waals surface area contributed by atoms with Crippen molar-refractivity contribution < 1.29 is 14.6 Å². The number of amides is 1. The molecule has 0 aromatic carbocycles. The molecule has 0 aromatic rings. The Kier molecular flexibility index (Phi) is 3.08. The number of rotatable bonds is 4. The minimum absolute atomic E-state index is 0.0171. The predicted octanol–water partition coefficient (Wildman–Crippen LogP) is 1.25. The number of nitrogens with one attached hydrogen (secondary N) is 1. The van der Waals surface area contributed by atoms with Crippen LogP contribution in [0.15, 0.2) is 46.6 Å². The number of aliphatic hydroxyl groups is 1. The van der Waals surface area contributed by atoms with Crippen LogP contribution >= 0.6 is 0 Å². The Bertz CT molecular complexity index is 606. The molecule has 1 aliphatic heterocycles. The molecular weight excluding hydrogens is 266 g/mol. The summed E-state index contributed by atoms with van der Waals surface area (Å²) in [7, 11) is 0. The molecule has 1 unspecified atom stereocenters.